The molecule has 1 aromatic heterocycles. The summed E-state index contributed by atoms with van der Waals surface area (Å²) in [5, 5.41) is 0. The van der Waals surface area contributed by atoms with Crippen LogP contribution in [0.1, 0.15) is 64.8 Å². The number of nitrogens with two attached hydrogens (primary N) is 1. The molecule has 0 atom stereocenters. The van der Waals surface area contributed by atoms with E-state index in [0.29, 0.717) is 11.8 Å². The van der Waals surface area contributed by atoms with E-state index in [-0.39, 0.29) is 0 Å². The van der Waals surface area contributed by atoms with E-state index in [0.717, 1.165) is 43.4 Å². The molecule has 0 bridgehead atoms. The molecule has 4 heteroatoms. The SMILES string of the molecule is CC.CC(C)CN.CC(C)c1nc2c(o1)CCN(C)C2. The Morgan fingerprint density at radius 2 is 1.80 bits per heavy atom. The molecule has 2 rings (SSSR count). The minimum atomic E-state index is 0.399. The van der Waals surface area contributed by atoms with Gasteiger partial charge in [-0.3, -0.25) is 4.90 Å². The fourth-order valence-electron chi connectivity index (χ4n) is 1.60. The van der Waals surface area contributed by atoms with Gasteiger partial charge in [0, 0.05) is 25.4 Å². The lowest BCUT2D eigenvalue weighted by Gasteiger charge is -2.19. The van der Waals surface area contributed by atoms with Crippen molar-refractivity contribution in [3.05, 3.63) is 17.3 Å². The summed E-state index contributed by atoms with van der Waals surface area (Å²) < 4.78 is 5.68. The van der Waals surface area contributed by atoms with Gasteiger partial charge in [0.1, 0.15) is 5.76 Å². The molecule has 0 fully saturated rings. The number of oxazole rings is 1. The van der Waals surface area contributed by atoms with Crippen LogP contribution in [0.25, 0.3) is 0 Å². The number of rotatable bonds is 2. The molecule has 1 aliphatic rings. The molecule has 0 unspecified atom stereocenters. The first-order valence-electron chi connectivity index (χ1n) is 7.81. The molecule has 0 spiro atoms. The van der Waals surface area contributed by atoms with Crippen molar-refractivity contribution in [2.45, 2.75) is 60.4 Å². The van der Waals surface area contributed by atoms with Crippen LogP contribution in [0.3, 0.4) is 0 Å². The molecule has 0 radical (unpaired) electrons. The first-order valence-corrected chi connectivity index (χ1v) is 7.81. The Balaban J connectivity index is 0.000000441. The van der Waals surface area contributed by atoms with Crippen molar-refractivity contribution in [3.63, 3.8) is 0 Å². The van der Waals surface area contributed by atoms with E-state index in [1.54, 1.807) is 0 Å². The summed E-state index contributed by atoms with van der Waals surface area (Å²) >= 11 is 0. The van der Waals surface area contributed by atoms with Gasteiger partial charge >= 0.3 is 0 Å². The smallest absolute Gasteiger partial charge is 0.197 e. The van der Waals surface area contributed by atoms with Gasteiger partial charge in [-0.25, -0.2) is 4.98 Å². The molecule has 0 aromatic carbocycles. The van der Waals surface area contributed by atoms with Crippen LogP contribution in [-0.2, 0) is 13.0 Å². The first-order chi connectivity index (χ1) is 9.43. The highest BCUT2D eigenvalue weighted by molar-refractivity contribution is 5.14. The molecule has 0 saturated carbocycles. The lowest BCUT2D eigenvalue weighted by molar-refractivity contribution is 0.289. The molecule has 0 saturated heterocycles. The summed E-state index contributed by atoms with van der Waals surface area (Å²) in [5.41, 5.74) is 6.31. The van der Waals surface area contributed by atoms with Gasteiger partial charge in [0.05, 0.1) is 5.69 Å². The fourth-order valence-corrected chi connectivity index (χ4v) is 1.60. The van der Waals surface area contributed by atoms with E-state index < -0.39 is 0 Å². The third-order valence-corrected chi connectivity index (χ3v) is 2.90. The molecule has 0 amide bonds. The van der Waals surface area contributed by atoms with Crippen LogP contribution < -0.4 is 5.73 Å². The van der Waals surface area contributed by atoms with Crippen LogP contribution in [0.5, 0.6) is 0 Å². The Bertz CT molecular complexity index is 359. The predicted molar refractivity (Wildman–Crippen MR) is 85.9 cm³/mol. The van der Waals surface area contributed by atoms with E-state index in [2.05, 4.69) is 44.6 Å². The Morgan fingerprint density at radius 3 is 2.25 bits per heavy atom. The van der Waals surface area contributed by atoms with E-state index >= 15 is 0 Å². The molecule has 20 heavy (non-hydrogen) atoms. The summed E-state index contributed by atoms with van der Waals surface area (Å²) in [4.78, 5) is 6.77. The molecular formula is C16H33N3O. The van der Waals surface area contributed by atoms with Gasteiger partial charge in [-0.05, 0) is 19.5 Å². The number of fused-ring (bicyclic) bond motifs is 1. The van der Waals surface area contributed by atoms with Crippen molar-refractivity contribution >= 4 is 0 Å². The molecule has 1 aromatic rings. The van der Waals surface area contributed by atoms with Gasteiger partial charge in [0.2, 0.25) is 0 Å². The normalized spacial score (nSPS) is 14.3. The van der Waals surface area contributed by atoms with Gasteiger partial charge in [0.25, 0.3) is 0 Å². The van der Waals surface area contributed by atoms with E-state index in [9.17, 15) is 0 Å². The summed E-state index contributed by atoms with van der Waals surface area (Å²) in [6, 6.07) is 0. The highest BCUT2D eigenvalue weighted by Crippen LogP contribution is 2.22. The zero-order chi connectivity index (χ0) is 15.7. The fraction of sp³-hybridized carbons (Fsp3) is 0.812. The van der Waals surface area contributed by atoms with Crippen LogP contribution in [0.15, 0.2) is 4.42 Å². The number of aromatic nitrogens is 1. The Morgan fingerprint density at radius 1 is 1.25 bits per heavy atom. The van der Waals surface area contributed by atoms with Crippen LogP contribution in [0.4, 0.5) is 0 Å². The van der Waals surface area contributed by atoms with Crippen molar-refractivity contribution in [1.29, 1.82) is 0 Å². The zero-order valence-corrected chi connectivity index (χ0v) is 14.4. The molecule has 1 aliphatic heterocycles. The standard InChI is InChI=1S/C10H16N2O.C4H11N.C2H6/c1-7(2)10-11-8-6-12(3)5-4-9(8)13-10;1-4(2)3-5;1-2/h7H,4-6H2,1-3H3;4H,3,5H2,1-2H3;1-2H3. The monoisotopic (exact) mass is 283 g/mol. The van der Waals surface area contributed by atoms with Gasteiger partial charge in [-0.2, -0.15) is 0 Å². The lowest BCUT2D eigenvalue weighted by atomic mass is 10.2. The van der Waals surface area contributed by atoms with Crippen molar-refractivity contribution < 1.29 is 4.42 Å². The van der Waals surface area contributed by atoms with Gasteiger partial charge in [-0.1, -0.05) is 41.5 Å². The van der Waals surface area contributed by atoms with E-state index in [4.69, 9.17) is 10.2 Å². The van der Waals surface area contributed by atoms with E-state index in [1.165, 1.54) is 0 Å². The average Bonchev–Trinajstić information content (AvgIpc) is 2.85. The van der Waals surface area contributed by atoms with Crippen molar-refractivity contribution in [1.82, 2.24) is 9.88 Å². The second kappa shape index (κ2) is 9.94. The second-order valence-corrected chi connectivity index (χ2v) is 5.69. The van der Waals surface area contributed by atoms with Gasteiger partial charge < -0.3 is 10.2 Å². The van der Waals surface area contributed by atoms with Crippen LogP contribution in [0.2, 0.25) is 0 Å². The number of nitrogens with zero attached hydrogens (tertiary/aromatic N) is 2. The van der Waals surface area contributed by atoms with E-state index in [1.807, 2.05) is 13.8 Å². The Kier molecular flexibility index (Phi) is 9.51. The number of hydrogen-bond acceptors (Lipinski definition) is 4. The first kappa shape index (κ1) is 19.1. The summed E-state index contributed by atoms with van der Waals surface area (Å²) in [6.45, 7) is 15.2. The van der Waals surface area contributed by atoms with Gasteiger partial charge in [0.15, 0.2) is 5.89 Å². The zero-order valence-electron chi connectivity index (χ0n) is 14.4. The van der Waals surface area contributed by atoms with Crippen LogP contribution >= 0.6 is 0 Å². The maximum Gasteiger partial charge on any atom is 0.197 e. The highest BCUT2D eigenvalue weighted by atomic mass is 16.4. The molecule has 2 N–H and O–H groups in total. The van der Waals surface area contributed by atoms with Crippen molar-refractivity contribution in [2.24, 2.45) is 11.7 Å². The molecule has 2 heterocycles. The van der Waals surface area contributed by atoms with Crippen LogP contribution in [0, 0.1) is 5.92 Å². The molecule has 0 aliphatic carbocycles. The van der Waals surface area contributed by atoms with Gasteiger partial charge in [-0.15, -0.1) is 0 Å². The maximum absolute atomic E-state index is 5.68. The van der Waals surface area contributed by atoms with Crippen LogP contribution in [-0.4, -0.2) is 30.0 Å². The largest absolute Gasteiger partial charge is 0.445 e. The predicted octanol–water partition coefficient (Wildman–Crippen LogP) is 3.41. The molecule has 4 nitrogen and oxygen atoms in total. The quantitative estimate of drug-likeness (QED) is 0.903. The number of likely N-dealkylation sites (N-methyl/N-ethyl adjacent to an activating group) is 1. The maximum atomic E-state index is 5.68. The summed E-state index contributed by atoms with van der Waals surface area (Å²) in [6.07, 6.45) is 1.01. The third-order valence-electron chi connectivity index (χ3n) is 2.90. The second-order valence-electron chi connectivity index (χ2n) is 5.69. The Hall–Kier alpha value is -0.870. The lowest BCUT2D eigenvalue weighted by Crippen LogP contribution is -2.25. The molecule has 118 valence electrons. The molecular weight excluding hydrogens is 250 g/mol. The van der Waals surface area contributed by atoms with Crippen molar-refractivity contribution in [2.75, 3.05) is 20.1 Å². The minimum Gasteiger partial charge on any atom is -0.445 e. The Labute approximate surface area is 124 Å². The summed E-state index contributed by atoms with van der Waals surface area (Å²) in [7, 11) is 2.12. The third kappa shape index (κ3) is 6.53. The minimum absolute atomic E-state index is 0.399. The topological polar surface area (TPSA) is 55.3 Å². The highest BCUT2D eigenvalue weighted by Gasteiger charge is 2.20. The summed E-state index contributed by atoms with van der Waals surface area (Å²) in [5.74, 6) is 3.05. The average molecular weight is 283 g/mol. The van der Waals surface area contributed by atoms with Crippen molar-refractivity contribution in [3.8, 4) is 0 Å². The number of hydrogen-bond donors (Lipinski definition) is 1.